The Morgan fingerprint density at radius 1 is 1.39 bits per heavy atom. The Balaban J connectivity index is 2.05. The predicted molar refractivity (Wildman–Crippen MR) is 71.4 cm³/mol. The molecule has 1 heterocycles. The maximum absolute atomic E-state index is 5.57. The first-order valence-electron chi connectivity index (χ1n) is 6.58. The SMILES string of the molecule is CCNCc1noc2c1CC(C)c1ccccc1-2. The van der Waals surface area contributed by atoms with Gasteiger partial charge in [0.15, 0.2) is 5.76 Å². The van der Waals surface area contributed by atoms with Crippen LogP contribution in [0.1, 0.15) is 36.6 Å². The summed E-state index contributed by atoms with van der Waals surface area (Å²) in [6.07, 6.45) is 1.02. The van der Waals surface area contributed by atoms with Crippen LogP contribution in [0.4, 0.5) is 0 Å². The van der Waals surface area contributed by atoms with E-state index < -0.39 is 0 Å². The minimum Gasteiger partial charge on any atom is -0.356 e. The van der Waals surface area contributed by atoms with Gasteiger partial charge in [0.2, 0.25) is 0 Å². The molecule has 3 heteroatoms. The van der Waals surface area contributed by atoms with E-state index in [1.807, 2.05) is 0 Å². The Hall–Kier alpha value is -1.61. The number of nitrogens with zero attached hydrogens (tertiary/aromatic N) is 1. The molecule has 1 atom stereocenters. The summed E-state index contributed by atoms with van der Waals surface area (Å²) >= 11 is 0. The number of hydrogen-bond donors (Lipinski definition) is 1. The minimum absolute atomic E-state index is 0.536. The molecule has 1 N–H and O–H groups in total. The van der Waals surface area contributed by atoms with Crippen LogP contribution in [0.3, 0.4) is 0 Å². The first-order chi connectivity index (χ1) is 8.81. The molecule has 1 aromatic heterocycles. The van der Waals surface area contributed by atoms with Crippen LogP contribution in [-0.2, 0) is 13.0 Å². The lowest BCUT2D eigenvalue weighted by atomic mass is 9.82. The molecule has 1 aromatic carbocycles. The van der Waals surface area contributed by atoms with Gasteiger partial charge >= 0.3 is 0 Å². The zero-order chi connectivity index (χ0) is 12.5. The van der Waals surface area contributed by atoms with Gasteiger partial charge in [0, 0.05) is 17.7 Å². The molecule has 0 saturated heterocycles. The van der Waals surface area contributed by atoms with Gasteiger partial charge in [0.25, 0.3) is 0 Å². The number of aromatic nitrogens is 1. The van der Waals surface area contributed by atoms with Crippen LogP contribution >= 0.6 is 0 Å². The van der Waals surface area contributed by atoms with Gasteiger partial charge in [0.1, 0.15) is 5.69 Å². The van der Waals surface area contributed by atoms with Crippen LogP contribution in [0.2, 0.25) is 0 Å². The summed E-state index contributed by atoms with van der Waals surface area (Å²) in [7, 11) is 0. The zero-order valence-electron chi connectivity index (χ0n) is 10.9. The van der Waals surface area contributed by atoms with Gasteiger partial charge in [-0.05, 0) is 24.4 Å². The van der Waals surface area contributed by atoms with Crippen molar-refractivity contribution < 1.29 is 4.52 Å². The fourth-order valence-electron chi connectivity index (χ4n) is 2.70. The third-order valence-electron chi connectivity index (χ3n) is 3.66. The quantitative estimate of drug-likeness (QED) is 0.898. The van der Waals surface area contributed by atoms with Gasteiger partial charge in [-0.2, -0.15) is 0 Å². The van der Waals surface area contributed by atoms with Crippen LogP contribution in [0, 0.1) is 0 Å². The van der Waals surface area contributed by atoms with E-state index >= 15 is 0 Å². The lowest BCUT2D eigenvalue weighted by Gasteiger charge is -2.21. The molecular formula is C15H18N2O. The fourth-order valence-corrected chi connectivity index (χ4v) is 2.70. The largest absolute Gasteiger partial charge is 0.356 e. The van der Waals surface area contributed by atoms with E-state index in [0.717, 1.165) is 31.0 Å². The van der Waals surface area contributed by atoms with E-state index in [1.165, 1.54) is 16.7 Å². The highest BCUT2D eigenvalue weighted by molar-refractivity contribution is 5.69. The zero-order valence-corrected chi connectivity index (χ0v) is 10.9. The van der Waals surface area contributed by atoms with Crippen molar-refractivity contribution in [1.29, 1.82) is 0 Å². The summed E-state index contributed by atoms with van der Waals surface area (Å²) in [5.74, 6) is 1.50. The van der Waals surface area contributed by atoms with Gasteiger partial charge < -0.3 is 9.84 Å². The molecule has 0 aliphatic heterocycles. The molecular weight excluding hydrogens is 224 g/mol. The van der Waals surface area contributed by atoms with E-state index in [9.17, 15) is 0 Å². The second-order valence-electron chi connectivity index (χ2n) is 4.91. The normalized spacial score (nSPS) is 17.3. The average molecular weight is 242 g/mol. The van der Waals surface area contributed by atoms with Gasteiger partial charge in [-0.25, -0.2) is 0 Å². The fraction of sp³-hybridized carbons (Fsp3) is 0.400. The lowest BCUT2D eigenvalue weighted by Crippen LogP contribution is -2.15. The summed E-state index contributed by atoms with van der Waals surface area (Å²) in [5.41, 5.74) is 4.92. The minimum atomic E-state index is 0.536. The Morgan fingerprint density at radius 3 is 3.06 bits per heavy atom. The number of fused-ring (bicyclic) bond motifs is 3. The summed E-state index contributed by atoms with van der Waals surface area (Å²) in [6.45, 7) is 6.12. The Bertz CT molecular complexity index is 559. The maximum Gasteiger partial charge on any atom is 0.170 e. The van der Waals surface area contributed by atoms with Crippen molar-refractivity contribution in [1.82, 2.24) is 10.5 Å². The monoisotopic (exact) mass is 242 g/mol. The van der Waals surface area contributed by atoms with Crippen molar-refractivity contribution >= 4 is 0 Å². The molecule has 3 nitrogen and oxygen atoms in total. The molecule has 1 aliphatic carbocycles. The van der Waals surface area contributed by atoms with E-state index in [1.54, 1.807) is 0 Å². The van der Waals surface area contributed by atoms with Crippen molar-refractivity contribution in [2.45, 2.75) is 32.7 Å². The number of rotatable bonds is 3. The molecule has 1 unspecified atom stereocenters. The van der Waals surface area contributed by atoms with Crippen LogP contribution in [0.25, 0.3) is 11.3 Å². The third kappa shape index (κ3) is 1.75. The summed E-state index contributed by atoms with van der Waals surface area (Å²) in [5, 5.41) is 7.55. The Morgan fingerprint density at radius 2 is 2.22 bits per heavy atom. The van der Waals surface area contributed by atoms with Gasteiger partial charge in [0.05, 0.1) is 0 Å². The van der Waals surface area contributed by atoms with Crippen molar-refractivity contribution in [3.63, 3.8) is 0 Å². The number of hydrogen-bond acceptors (Lipinski definition) is 3. The molecule has 2 aromatic rings. The molecule has 18 heavy (non-hydrogen) atoms. The van der Waals surface area contributed by atoms with E-state index in [4.69, 9.17) is 4.52 Å². The third-order valence-corrected chi connectivity index (χ3v) is 3.66. The molecule has 94 valence electrons. The highest BCUT2D eigenvalue weighted by atomic mass is 16.5. The van der Waals surface area contributed by atoms with Gasteiger partial charge in [-0.1, -0.05) is 43.3 Å². The molecule has 0 spiro atoms. The van der Waals surface area contributed by atoms with Crippen LogP contribution < -0.4 is 5.32 Å². The van der Waals surface area contributed by atoms with E-state index in [0.29, 0.717) is 5.92 Å². The predicted octanol–water partition coefficient (Wildman–Crippen LogP) is 3.11. The van der Waals surface area contributed by atoms with Crippen molar-refractivity contribution in [2.75, 3.05) is 6.54 Å². The highest BCUT2D eigenvalue weighted by Gasteiger charge is 2.27. The second-order valence-corrected chi connectivity index (χ2v) is 4.91. The first-order valence-corrected chi connectivity index (χ1v) is 6.58. The Kier molecular flexibility index (Phi) is 2.92. The highest BCUT2D eigenvalue weighted by Crippen LogP contribution is 2.40. The van der Waals surface area contributed by atoms with Gasteiger partial charge in [-0.3, -0.25) is 0 Å². The molecule has 0 saturated carbocycles. The first kappa shape index (κ1) is 11.5. The van der Waals surface area contributed by atoms with Crippen molar-refractivity contribution in [3.05, 3.63) is 41.1 Å². The summed E-state index contributed by atoms with van der Waals surface area (Å²) in [4.78, 5) is 0. The van der Waals surface area contributed by atoms with Crippen LogP contribution in [0.15, 0.2) is 28.8 Å². The van der Waals surface area contributed by atoms with Crippen LogP contribution in [-0.4, -0.2) is 11.7 Å². The maximum atomic E-state index is 5.57. The average Bonchev–Trinajstić information content (AvgIpc) is 2.80. The Labute approximate surface area is 107 Å². The lowest BCUT2D eigenvalue weighted by molar-refractivity contribution is 0.419. The topological polar surface area (TPSA) is 38.1 Å². The summed E-state index contributed by atoms with van der Waals surface area (Å²) < 4.78 is 5.57. The molecule has 0 fully saturated rings. The molecule has 0 bridgehead atoms. The van der Waals surface area contributed by atoms with E-state index in [-0.39, 0.29) is 0 Å². The van der Waals surface area contributed by atoms with Crippen LogP contribution in [0.5, 0.6) is 0 Å². The van der Waals surface area contributed by atoms with E-state index in [2.05, 4.69) is 48.6 Å². The smallest absolute Gasteiger partial charge is 0.170 e. The molecule has 0 amide bonds. The van der Waals surface area contributed by atoms with Crippen molar-refractivity contribution in [3.8, 4) is 11.3 Å². The molecule has 0 radical (unpaired) electrons. The molecule has 3 rings (SSSR count). The number of nitrogens with one attached hydrogen (secondary N) is 1. The molecule has 1 aliphatic rings. The number of benzene rings is 1. The van der Waals surface area contributed by atoms with Crippen molar-refractivity contribution in [2.24, 2.45) is 0 Å². The van der Waals surface area contributed by atoms with Gasteiger partial charge in [-0.15, -0.1) is 0 Å². The standard InChI is InChI=1S/C15H18N2O/c1-3-16-9-14-13-8-10(2)11-6-4-5-7-12(11)15(13)18-17-14/h4-7,10,16H,3,8-9H2,1-2H3. The summed E-state index contributed by atoms with van der Waals surface area (Å²) in [6, 6.07) is 8.48. The second kappa shape index (κ2) is 4.58.